The van der Waals surface area contributed by atoms with E-state index in [-0.39, 0.29) is 0 Å². The van der Waals surface area contributed by atoms with Crippen molar-refractivity contribution < 1.29 is 0 Å². The van der Waals surface area contributed by atoms with E-state index in [2.05, 4.69) is 29.2 Å². The number of rotatable bonds is 2. The SMILES string of the molecule is CNC1C(n2cncn2)CCCC1(C)C. The summed E-state index contributed by atoms with van der Waals surface area (Å²) in [5.41, 5.74) is 0.337. The first-order valence-electron chi connectivity index (χ1n) is 5.66. The Hall–Kier alpha value is -0.900. The van der Waals surface area contributed by atoms with Crippen LogP contribution >= 0.6 is 0 Å². The van der Waals surface area contributed by atoms with E-state index in [0.717, 1.165) is 0 Å². The largest absolute Gasteiger partial charge is 0.314 e. The number of hydrogen-bond acceptors (Lipinski definition) is 3. The Bertz CT molecular complexity index is 304. The van der Waals surface area contributed by atoms with Gasteiger partial charge in [0.15, 0.2) is 0 Å². The number of nitrogens with zero attached hydrogens (tertiary/aromatic N) is 3. The van der Waals surface area contributed by atoms with Gasteiger partial charge in [-0.05, 0) is 25.3 Å². The standard InChI is InChI=1S/C11H20N4/c1-11(2)6-4-5-9(10(11)12-3)15-8-13-7-14-15/h7-10,12H,4-6H2,1-3H3. The molecule has 1 heterocycles. The Morgan fingerprint density at radius 2 is 2.27 bits per heavy atom. The summed E-state index contributed by atoms with van der Waals surface area (Å²) >= 11 is 0. The summed E-state index contributed by atoms with van der Waals surface area (Å²) in [4.78, 5) is 4.04. The highest BCUT2D eigenvalue weighted by Gasteiger charge is 2.39. The van der Waals surface area contributed by atoms with E-state index in [4.69, 9.17) is 0 Å². The van der Waals surface area contributed by atoms with Crippen LogP contribution in [0.15, 0.2) is 12.7 Å². The highest BCUT2D eigenvalue weighted by molar-refractivity contribution is 4.95. The normalized spacial score (nSPS) is 30.3. The van der Waals surface area contributed by atoms with Crippen molar-refractivity contribution in [2.24, 2.45) is 5.41 Å². The maximum Gasteiger partial charge on any atom is 0.137 e. The van der Waals surface area contributed by atoms with Crippen molar-refractivity contribution >= 4 is 0 Å². The average molecular weight is 208 g/mol. The van der Waals surface area contributed by atoms with Gasteiger partial charge >= 0.3 is 0 Å². The van der Waals surface area contributed by atoms with Gasteiger partial charge in [0.2, 0.25) is 0 Å². The van der Waals surface area contributed by atoms with Crippen LogP contribution in [0.3, 0.4) is 0 Å². The lowest BCUT2D eigenvalue weighted by molar-refractivity contribution is 0.112. The van der Waals surface area contributed by atoms with Gasteiger partial charge in [-0.1, -0.05) is 20.3 Å². The lowest BCUT2D eigenvalue weighted by Crippen LogP contribution is -2.49. The summed E-state index contributed by atoms with van der Waals surface area (Å²) in [5, 5.41) is 7.71. The van der Waals surface area contributed by atoms with Gasteiger partial charge in [-0.15, -0.1) is 0 Å². The third-order valence-electron chi connectivity index (χ3n) is 3.64. The van der Waals surface area contributed by atoms with E-state index in [1.54, 1.807) is 6.33 Å². The molecule has 1 N–H and O–H groups in total. The molecule has 1 fully saturated rings. The molecule has 2 rings (SSSR count). The minimum absolute atomic E-state index is 0.337. The van der Waals surface area contributed by atoms with Crippen LogP contribution in [0.25, 0.3) is 0 Å². The molecule has 0 bridgehead atoms. The molecule has 0 radical (unpaired) electrons. The quantitative estimate of drug-likeness (QED) is 0.803. The number of nitrogens with one attached hydrogen (secondary N) is 1. The van der Waals surface area contributed by atoms with Gasteiger partial charge < -0.3 is 5.32 Å². The van der Waals surface area contributed by atoms with Gasteiger partial charge in [0.05, 0.1) is 6.04 Å². The first-order valence-corrected chi connectivity index (χ1v) is 5.66. The van der Waals surface area contributed by atoms with Crippen LogP contribution in [0, 0.1) is 5.41 Å². The molecule has 1 saturated carbocycles. The first kappa shape index (κ1) is 10.6. The van der Waals surface area contributed by atoms with Gasteiger partial charge in [-0.25, -0.2) is 9.67 Å². The molecule has 0 saturated heterocycles. The van der Waals surface area contributed by atoms with Crippen LogP contribution < -0.4 is 5.32 Å². The summed E-state index contributed by atoms with van der Waals surface area (Å²) in [7, 11) is 2.04. The Balaban J connectivity index is 2.23. The fourth-order valence-corrected chi connectivity index (χ4v) is 2.87. The predicted octanol–water partition coefficient (Wildman–Crippen LogP) is 1.62. The van der Waals surface area contributed by atoms with Crippen LogP contribution in [0.2, 0.25) is 0 Å². The second kappa shape index (κ2) is 3.93. The Labute approximate surface area is 91.1 Å². The third kappa shape index (κ3) is 1.91. The summed E-state index contributed by atoms with van der Waals surface area (Å²) in [6.07, 6.45) is 7.20. The van der Waals surface area contributed by atoms with E-state index in [1.807, 2.05) is 18.1 Å². The molecule has 4 nitrogen and oxygen atoms in total. The Morgan fingerprint density at radius 3 is 2.87 bits per heavy atom. The van der Waals surface area contributed by atoms with Gasteiger partial charge in [0.25, 0.3) is 0 Å². The molecule has 84 valence electrons. The molecule has 1 aromatic heterocycles. The smallest absolute Gasteiger partial charge is 0.137 e. The van der Waals surface area contributed by atoms with Crippen molar-refractivity contribution in [1.82, 2.24) is 20.1 Å². The molecule has 1 aromatic rings. The second-order valence-corrected chi connectivity index (χ2v) is 5.09. The lowest BCUT2D eigenvalue weighted by atomic mass is 9.71. The van der Waals surface area contributed by atoms with Crippen LogP contribution in [0.4, 0.5) is 0 Å². The van der Waals surface area contributed by atoms with Crippen molar-refractivity contribution in [2.75, 3.05) is 7.05 Å². The van der Waals surface area contributed by atoms with Gasteiger partial charge in [-0.2, -0.15) is 5.10 Å². The minimum atomic E-state index is 0.337. The van der Waals surface area contributed by atoms with Crippen LogP contribution in [-0.4, -0.2) is 27.9 Å². The molecule has 2 atom stereocenters. The molecule has 0 aliphatic heterocycles. The summed E-state index contributed by atoms with van der Waals surface area (Å²) in [6, 6.07) is 0.925. The van der Waals surface area contributed by atoms with Crippen molar-refractivity contribution in [3.63, 3.8) is 0 Å². The highest BCUT2D eigenvalue weighted by Crippen LogP contribution is 2.40. The summed E-state index contributed by atoms with van der Waals surface area (Å²) < 4.78 is 2.00. The van der Waals surface area contributed by atoms with Crippen LogP contribution in [0.1, 0.15) is 39.2 Å². The zero-order chi connectivity index (χ0) is 10.9. The maximum absolute atomic E-state index is 4.27. The monoisotopic (exact) mass is 208 g/mol. The minimum Gasteiger partial charge on any atom is -0.314 e. The van der Waals surface area contributed by atoms with Crippen molar-refractivity contribution in [3.8, 4) is 0 Å². The highest BCUT2D eigenvalue weighted by atomic mass is 15.3. The fraction of sp³-hybridized carbons (Fsp3) is 0.818. The molecule has 4 heteroatoms. The molecule has 15 heavy (non-hydrogen) atoms. The van der Waals surface area contributed by atoms with Crippen molar-refractivity contribution in [2.45, 2.75) is 45.2 Å². The third-order valence-corrected chi connectivity index (χ3v) is 3.64. The number of aromatic nitrogens is 3. The van der Waals surface area contributed by atoms with Gasteiger partial charge in [-0.3, -0.25) is 0 Å². The second-order valence-electron chi connectivity index (χ2n) is 5.09. The zero-order valence-electron chi connectivity index (χ0n) is 9.77. The number of likely N-dealkylation sites (N-methyl/N-ethyl adjacent to an activating group) is 1. The van der Waals surface area contributed by atoms with Gasteiger partial charge in [0.1, 0.15) is 12.7 Å². The molecular weight excluding hydrogens is 188 g/mol. The lowest BCUT2D eigenvalue weighted by Gasteiger charge is -2.43. The molecule has 1 aliphatic carbocycles. The van der Waals surface area contributed by atoms with Crippen molar-refractivity contribution in [1.29, 1.82) is 0 Å². The summed E-state index contributed by atoms with van der Waals surface area (Å²) in [6.45, 7) is 4.66. The van der Waals surface area contributed by atoms with Crippen LogP contribution in [0.5, 0.6) is 0 Å². The molecular formula is C11H20N4. The zero-order valence-corrected chi connectivity index (χ0v) is 9.77. The van der Waals surface area contributed by atoms with Crippen molar-refractivity contribution in [3.05, 3.63) is 12.7 Å². The van der Waals surface area contributed by atoms with E-state index in [0.29, 0.717) is 17.5 Å². The predicted molar refractivity (Wildman–Crippen MR) is 59.5 cm³/mol. The molecule has 1 aliphatic rings. The Morgan fingerprint density at radius 1 is 1.47 bits per heavy atom. The maximum atomic E-state index is 4.27. The molecule has 0 spiro atoms. The molecule has 2 unspecified atom stereocenters. The van der Waals surface area contributed by atoms with E-state index in [1.165, 1.54) is 19.3 Å². The topological polar surface area (TPSA) is 42.7 Å². The summed E-state index contributed by atoms with van der Waals surface area (Å²) in [5.74, 6) is 0. The van der Waals surface area contributed by atoms with Crippen LogP contribution in [-0.2, 0) is 0 Å². The van der Waals surface area contributed by atoms with E-state index >= 15 is 0 Å². The first-order chi connectivity index (χ1) is 7.15. The van der Waals surface area contributed by atoms with Gasteiger partial charge in [0, 0.05) is 6.04 Å². The fourth-order valence-electron chi connectivity index (χ4n) is 2.87. The molecule has 0 amide bonds. The van der Waals surface area contributed by atoms with E-state index in [9.17, 15) is 0 Å². The molecule has 0 aromatic carbocycles. The Kier molecular flexibility index (Phi) is 2.78. The number of hydrogen-bond donors (Lipinski definition) is 1. The average Bonchev–Trinajstić information content (AvgIpc) is 2.68. The van der Waals surface area contributed by atoms with E-state index < -0.39 is 0 Å².